The molecule has 0 aromatic heterocycles. The monoisotopic (exact) mass is 412 g/mol. The number of nitrogens with one attached hydrogen (secondary N) is 1. The number of alkyl carbamates (subject to hydrolysis) is 1. The van der Waals surface area contributed by atoms with Crippen molar-refractivity contribution in [1.29, 1.82) is 0 Å². The summed E-state index contributed by atoms with van der Waals surface area (Å²) in [5.74, 6) is 2.46. The number of hydrogen-bond acceptors (Lipinski definition) is 5. The molecule has 0 aromatic rings. The Hall–Kier alpha value is -0.0800. The number of carbonyl (C=O) groups is 2. The van der Waals surface area contributed by atoms with Gasteiger partial charge in [0.1, 0.15) is 5.60 Å². The fourth-order valence-corrected chi connectivity index (χ4v) is 4.28. The number of likely N-dealkylation sites (tertiary alicyclic amines) is 1. The molecule has 1 unspecified atom stereocenters. The van der Waals surface area contributed by atoms with E-state index in [9.17, 15) is 9.59 Å². The van der Waals surface area contributed by atoms with E-state index in [1.165, 1.54) is 0 Å². The van der Waals surface area contributed by atoms with Crippen molar-refractivity contribution in [3.05, 3.63) is 0 Å². The number of halogens is 1. The molecule has 1 aliphatic rings. The molecule has 1 saturated heterocycles. The number of hydrogen-bond donors (Lipinski definition) is 1. The first-order valence-corrected chi connectivity index (χ1v) is 11.0. The molecule has 1 atom stereocenters. The van der Waals surface area contributed by atoms with E-state index in [0.717, 1.165) is 29.9 Å². The number of nitrogens with zero attached hydrogens (tertiary/aromatic N) is 1. The molecule has 5 nitrogen and oxygen atoms in total. The zero-order chi connectivity index (χ0) is 16.6. The number of amides is 2. The smallest absolute Gasteiger partial charge is 0.407 e. The summed E-state index contributed by atoms with van der Waals surface area (Å²) in [6.45, 7) is 7.79. The van der Waals surface area contributed by atoms with E-state index in [0.29, 0.717) is 18.9 Å². The highest BCUT2D eigenvalue weighted by atomic mass is 79.9. The van der Waals surface area contributed by atoms with Crippen molar-refractivity contribution >= 4 is 49.5 Å². The molecule has 0 saturated carbocycles. The molecular weight excluding hydrogens is 388 g/mol. The summed E-state index contributed by atoms with van der Waals surface area (Å²) in [6, 6.07) is 0. The molecule has 0 spiro atoms. The van der Waals surface area contributed by atoms with E-state index >= 15 is 0 Å². The average Bonchev–Trinajstić information content (AvgIpc) is 2.76. The zero-order valence-corrected chi connectivity index (χ0v) is 16.6. The summed E-state index contributed by atoms with van der Waals surface area (Å²) >= 11 is 3.44. The third kappa shape index (κ3) is 8.53. The third-order valence-electron chi connectivity index (χ3n) is 2.89. The highest BCUT2D eigenvalue weighted by Gasteiger charge is 2.28. The fraction of sp³-hybridized carbons (Fsp3) is 0.857. The third-order valence-corrected chi connectivity index (χ3v) is 6.20. The van der Waals surface area contributed by atoms with Gasteiger partial charge in [0.25, 0.3) is 0 Å². The van der Waals surface area contributed by atoms with Gasteiger partial charge in [-0.1, -0.05) is 37.5 Å². The van der Waals surface area contributed by atoms with Crippen LogP contribution in [0.5, 0.6) is 0 Å². The van der Waals surface area contributed by atoms with Crippen LogP contribution < -0.4 is 5.32 Å². The van der Waals surface area contributed by atoms with Crippen LogP contribution in [0, 0.1) is 5.92 Å². The maximum Gasteiger partial charge on any atom is 0.407 e. The van der Waals surface area contributed by atoms with Gasteiger partial charge in [-0.05, 0) is 26.7 Å². The maximum absolute atomic E-state index is 11.7. The molecule has 2 amide bonds. The number of rotatable bonds is 8. The lowest BCUT2D eigenvalue weighted by Crippen LogP contribution is -2.33. The van der Waals surface area contributed by atoms with Crippen molar-refractivity contribution < 1.29 is 14.3 Å². The van der Waals surface area contributed by atoms with Crippen molar-refractivity contribution in [2.24, 2.45) is 5.92 Å². The van der Waals surface area contributed by atoms with E-state index in [1.54, 1.807) is 21.6 Å². The van der Waals surface area contributed by atoms with Crippen molar-refractivity contribution in [3.8, 4) is 0 Å². The topological polar surface area (TPSA) is 58.6 Å². The number of alkyl halides is 1. The van der Waals surface area contributed by atoms with E-state index < -0.39 is 5.60 Å². The Morgan fingerprint density at radius 1 is 1.41 bits per heavy atom. The quantitative estimate of drug-likeness (QED) is 0.376. The van der Waals surface area contributed by atoms with Crippen LogP contribution in [0.3, 0.4) is 0 Å². The molecule has 8 heteroatoms. The second-order valence-corrected chi connectivity index (χ2v) is 9.49. The Balaban J connectivity index is 1.98. The summed E-state index contributed by atoms with van der Waals surface area (Å²) in [5.41, 5.74) is -0.457. The zero-order valence-electron chi connectivity index (χ0n) is 13.4. The van der Waals surface area contributed by atoms with Crippen molar-refractivity contribution in [1.82, 2.24) is 10.2 Å². The Morgan fingerprint density at radius 3 is 2.68 bits per heavy atom. The first-order valence-electron chi connectivity index (χ1n) is 7.37. The van der Waals surface area contributed by atoms with Gasteiger partial charge in [-0.15, -0.1) is 0 Å². The summed E-state index contributed by atoms with van der Waals surface area (Å²) in [6.07, 6.45) is 0.296. The van der Waals surface area contributed by atoms with Crippen molar-refractivity contribution in [2.75, 3.05) is 36.5 Å². The molecule has 128 valence electrons. The van der Waals surface area contributed by atoms with E-state index in [4.69, 9.17) is 4.74 Å². The van der Waals surface area contributed by atoms with Gasteiger partial charge in [-0.2, -0.15) is 0 Å². The Kier molecular flexibility index (Phi) is 9.01. The van der Waals surface area contributed by atoms with Gasteiger partial charge in [0.2, 0.25) is 5.91 Å². The van der Waals surface area contributed by atoms with E-state index in [1.807, 2.05) is 25.7 Å². The van der Waals surface area contributed by atoms with Gasteiger partial charge in [-0.3, -0.25) is 4.79 Å². The van der Waals surface area contributed by atoms with Crippen LogP contribution in [0.15, 0.2) is 0 Å². The van der Waals surface area contributed by atoms with Crippen molar-refractivity contribution in [3.63, 3.8) is 0 Å². The first-order chi connectivity index (χ1) is 10.3. The average molecular weight is 413 g/mol. The van der Waals surface area contributed by atoms with Gasteiger partial charge in [0, 0.05) is 42.9 Å². The highest BCUT2D eigenvalue weighted by Crippen LogP contribution is 2.23. The van der Waals surface area contributed by atoms with Gasteiger partial charge in [-0.25, -0.2) is 4.79 Å². The highest BCUT2D eigenvalue weighted by molar-refractivity contribution is 9.09. The van der Waals surface area contributed by atoms with Gasteiger partial charge in [0.05, 0.1) is 0 Å². The fourth-order valence-electron chi connectivity index (χ4n) is 1.95. The Labute approximate surface area is 149 Å². The van der Waals surface area contributed by atoms with Gasteiger partial charge in [0.15, 0.2) is 0 Å². The summed E-state index contributed by atoms with van der Waals surface area (Å²) in [4.78, 5) is 25.1. The number of carbonyl (C=O) groups excluding carboxylic acids is 2. The minimum absolute atomic E-state index is 0.265. The molecule has 22 heavy (non-hydrogen) atoms. The van der Waals surface area contributed by atoms with Crippen LogP contribution in [0.1, 0.15) is 27.2 Å². The first kappa shape index (κ1) is 20.0. The van der Waals surface area contributed by atoms with E-state index in [-0.39, 0.29) is 12.0 Å². The second kappa shape index (κ2) is 9.93. The molecule has 1 N–H and O–H groups in total. The Bertz CT molecular complexity index is 378. The molecule has 1 aliphatic heterocycles. The lowest BCUT2D eigenvalue weighted by molar-refractivity contribution is -0.127. The van der Waals surface area contributed by atoms with E-state index in [2.05, 4.69) is 21.2 Å². The molecule has 0 radical (unpaired) electrons. The predicted molar refractivity (Wildman–Crippen MR) is 97.6 cm³/mol. The maximum atomic E-state index is 11.7. The standard InChI is InChI=1S/C14H25BrN2O3S2/c1-14(2,3)20-13(19)16-4-6-21-22-7-5-17-10-11(9-15)8-12(17)18/h11H,4-10H2,1-3H3,(H,16,19). The van der Waals surface area contributed by atoms with Crippen LogP contribution in [0.4, 0.5) is 4.79 Å². The summed E-state index contributed by atoms with van der Waals surface area (Å²) in [5, 5.41) is 3.62. The van der Waals surface area contributed by atoms with Crippen molar-refractivity contribution in [2.45, 2.75) is 32.8 Å². The van der Waals surface area contributed by atoms with Crippen LogP contribution >= 0.6 is 37.5 Å². The lowest BCUT2D eigenvalue weighted by Gasteiger charge is -2.19. The molecule has 0 bridgehead atoms. The minimum atomic E-state index is -0.457. The summed E-state index contributed by atoms with van der Waals surface area (Å²) < 4.78 is 5.15. The SMILES string of the molecule is CC(C)(C)OC(=O)NCCSSCCN1CC(CBr)CC1=O. The summed E-state index contributed by atoms with van der Waals surface area (Å²) in [7, 11) is 3.44. The molecule has 1 fully saturated rings. The molecule has 0 aliphatic carbocycles. The number of ether oxygens (including phenoxy) is 1. The van der Waals surface area contributed by atoms with Crippen LogP contribution in [0.25, 0.3) is 0 Å². The predicted octanol–water partition coefficient (Wildman–Crippen LogP) is 3.14. The molecule has 1 rings (SSSR count). The largest absolute Gasteiger partial charge is 0.444 e. The normalized spacial score (nSPS) is 18.6. The molecular formula is C14H25BrN2O3S2. The van der Waals surface area contributed by atoms with Crippen LogP contribution in [-0.4, -0.2) is 59.0 Å². The van der Waals surface area contributed by atoms with Gasteiger partial charge < -0.3 is 15.0 Å². The second-order valence-electron chi connectivity index (χ2n) is 6.14. The molecule has 0 aromatic carbocycles. The van der Waals surface area contributed by atoms with Crippen LogP contribution in [0.2, 0.25) is 0 Å². The molecule has 1 heterocycles. The van der Waals surface area contributed by atoms with Gasteiger partial charge >= 0.3 is 6.09 Å². The van der Waals surface area contributed by atoms with Crippen LogP contribution in [-0.2, 0) is 9.53 Å². The minimum Gasteiger partial charge on any atom is -0.444 e. The Morgan fingerprint density at radius 2 is 2.09 bits per heavy atom. The lowest BCUT2D eigenvalue weighted by atomic mass is 10.2.